The molecule has 3 heteroatoms. The van der Waals surface area contributed by atoms with E-state index in [4.69, 9.17) is 0 Å². The molecule has 82 valence electrons. The van der Waals surface area contributed by atoms with Crippen molar-refractivity contribution in [3.63, 3.8) is 0 Å². The lowest BCUT2D eigenvalue weighted by molar-refractivity contribution is 0.946. The van der Waals surface area contributed by atoms with Crippen LogP contribution in [0.5, 0.6) is 0 Å². The fourth-order valence-electron chi connectivity index (χ4n) is 2.17. The summed E-state index contributed by atoms with van der Waals surface area (Å²) in [5, 5.41) is 0. The van der Waals surface area contributed by atoms with Crippen LogP contribution in [-0.4, -0.2) is 23.1 Å². The zero-order valence-corrected chi connectivity index (χ0v) is 9.19. The number of H-pyrrole nitrogens is 1. The second kappa shape index (κ2) is 4.00. The lowest BCUT2D eigenvalue weighted by Crippen LogP contribution is -2.17. The molecule has 1 N–H and O–H groups in total. The molecule has 1 aromatic carbocycles. The van der Waals surface area contributed by atoms with E-state index in [1.165, 1.54) is 12.8 Å². The number of rotatable bonds is 2. The number of aromatic nitrogens is 2. The lowest BCUT2D eigenvalue weighted by atomic mass is 10.2. The van der Waals surface area contributed by atoms with E-state index in [0.29, 0.717) is 0 Å². The number of benzene rings is 1. The number of hydrogen-bond acceptors (Lipinski definition) is 2. The molecule has 1 aliphatic rings. The summed E-state index contributed by atoms with van der Waals surface area (Å²) in [6.07, 6.45) is 4.52. The van der Waals surface area contributed by atoms with Gasteiger partial charge in [-0.25, -0.2) is 4.98 Å². The van der Waals surface area contributed by atoms with E-state index in [2.05, 4.69) is 27.0 Å². The second-order valence-corrected chi connectivity index (χ2v) is 4.18. The zero-order valence-electron chi connectivity index (χ0n) is 9.19. The van der Waals surface area contributed by atoms with E-state index in [-0.39, 0.29) is 0 Å². The molecule has 0 radical (unpaired) electrons. The maximum absolute atomic E-state index is 4.43. The average Bonchev–Trinajstić information content (AvgIpc) is 3.01. The predicted octanol–water partition coefficient (Wildman–Crippen LogP) is 2.68. The minimum absolute atomic E-state index is 0.961. The molecule has 0 saturated carbocycles. The molecular weight excluding hydrogens is 198 g/mol. The summed E-state index contributed by atoms with van der Waals surface area (Å²) in [4.78, 5) is 10.2. The van der Waals surface area contributed by atoms with Crippen molar-refractivity contribution in [1.82, 2.24) is 9.97 Å². The molecule has 1 fully saturated rings. The largest absolute Gasteiger partial charge is 0.357 e. The molecule has 0 amide bonds. The fourth-order valence-corrected chi connectivity index (χ4v) is 2.17. The number of hydrogen-bond donors (Lipinski definition) is 1. The summed E-state index contributed by atoms with van der Waals surface area (Å²) in [6.45, 7) is 2.30. The van der Waals surface area contributed by atoms with Gasteiger partial charge in [0.2, 0.25) is 0 Å². The molecule has 0 bridgehead atoms. The molecule has 0 atom stereocenters. The van der Waals surface area contributed by atoms with Crippen molar-refractivity contribution < 1.29 is 0 Å². The van der Waals surface area contributed by atoms with Crippen LogP contribution < -0.4 is 4.90 Å². The molecule has 16 heavy (non-hydrogen) atoms. The van der Waals surface area contributed by atoms with Gasteiger partial charge in [-0.1, -0.05) is 30.3 Å². The Kier molecular flexibility index (Phi) is 2.37. The quantitative estimate of drug-likeness (QED) is 0.831. The van der Waals surface area contributed by atoms with Crippen molar-refractivity contribution in [1.29, 1.82) is 0 Å². The Balaban J connectivity index is 1.87. The third-order valence-electron chi connectivity index (χ3n) is 3.06. The number of imidazole rings is 1. The standard InChI is InChI=1S/C13H15N3/c1-2-6-11(7-3-1)13-14-10-12(15-13)16-8-4-5-9-16/h1-3,6-7,10H,4-5,8-9H2,(H,14,15). The minimum atomic E-state index is 0.961. The highest BCUT2D eigenvalue weighted by molar-refractivity contribution is 5.58. The Bertz CT molecular complexity index is 455. The summed E-state index contributed by atoms with van der Waals surface area (Å²) in [7, 11) is 0. The number of aromatic amines is 1. The van der Waals surface area contributed by atoms with E-state index in [1.807, 2.05) is 24.4 Å². The Hall–Kier alpha value is -1.77. The van der Waals surface area contributed by atoms with Crippen LogP contribution in [0.3, 0.4) is 0 Å². The van der Waals surface area contributed by atoms with Crippen molar-refractivity contribution in [3.05, 3.63) is 36.5 Å². The predicted molar refractivity (Wildman–Crippen MR) is 65.5 cm³/mol. The maximum atomic E-state index is 4.43. The third-order valence-corrected chi connectivity index (χ3v) is 3.06. The van der Waals surface area contributed by atoms with Crippen LogP contribution in [0.2, 0.25) is 0 Å². The first-order valence-electron chi connectivity index (χ1n) is 5.79. The van der Waals surface area contributed by atoms with Gasteiger partial charge >= 0.3 is 0 Å². The van der Waals surface area contributed by atoms with E-state index in [1.54, 1.807) is 0 Å². The van der Waals surface area contributed by atoms with Crippen molar-refractivity contribution in [2.45, 2.75) is 12.8 Å². The van der Waals surface area contributed by atoms with Crippen LogP contribution in [0.4, 0.5) is 5.82 Å². The van der Waals surface area contributed by atoms with Crippen molar-refractivity contribution in [3.8, 4) is 11.4 Å². The van der Waals surface area contributed by atoms with Gasteiger partial charge in [-0.2, -0.15) is 0 Å². The van der Waals surface area contributed by atoms with Crippen molar-refractivity contribution in [2.24, 2.45) is 0 Å². The Morgan fingerprint density at radius 2 is 1.81 bits per heavy atom. The Morgan fingerprint density at radius 3 is 2.56 bits per heavy atom. The fraction of sp³-hybridized carbons (Fsp3) is 0.308. The van der Waals surface area contributed by atoms with E-state index in [0.717, 1.165) is 30.3 Å². The van der Waals surface area contributed by atoms with Crippen molar-refractivity contribution >= 4 is 5.82 Å². The van der Waals surface area contributed by atoms with E-state index in [9.17, 15) is 0 Å². The summed E-state index contributed by atoms with van der Waals surface area (Å²) >= 11 is 0. The van der Waals surface area contributed by atoms with Crippen LogP contribution in [-0.2, 0) is 0 Å². The molecule has 0 aliphatic carbocycles. The van der Waals surface area contributed by atoms with Gasteiger partial charge in [-0.3, -0.25) is 0 Å². The summed E-state index contributed by atoms with van der Waals surface area (Å²) in [5.74, 6) is 2.11. The second-order valence-electron chi connectivity index (χ2n) is 4.18. The molecule has 1 aliphatic heterocycles. The number of nitrogens with zero attached hydrogens (tertiary/aromatic N) is 2. The normalized spacial score (nSPS) is 15.6. The van der Waals surface area contributed by atoms with Crippen LogP contribution in [0.25, 0.3) is 11.4 Å². The van der Waals surface area contributed by atoms with Crippen LogP contribution in [0.1, 0.15) is 12.8 Å². The first kappa shape index (κ1) is 9.46. The van der Waals surface area contributed by atoms with Gasteiger partial charge in [0.05, 0.1) is 6.20 Å². The topological polar surface area (TPSA) is 31.9 Å². The monoisotopic (exact) mass is 213 g/mol. The molecule has 1 aromatic heterocycles. The van der Waals surface area contributed by atoms with Crippen molar-refractivity contribution in [2.75, 3.05) is 18.0 Å². The highest BCUT2D eigenvalue weighted by Crippen LogP contribution is 2.22. The molecule has 3 nitrogen and oxygen atoms in total. The van der Waals surface area contributed by atoms with Crippen LogP contribution in [0.15, 0.2) is 36.5 Å². The first-order chi connectivity index (χ1) is 7.93. The van der Waals surface area contributed by atoms with E-state index >= 15 is 0 Å². The van der Waals surface area contributed by atoms with Gasteiger partial charge in [-0.05, 0) is 12.8 Å². The average molecular weight is 213 g/mol. The molecule has 0 spiro atoms. The van der Waals surface area contributed by atoms with Gasteiger partial charge in [-0.15, -0.1) is 0 Å². The van der Waals surface area contributed by atoms with Gasteiger partial charge in [0.25, 0.3) is 0 Å². The molecule has 2 aromatic rings. The highest BCUT2D eigenvalue weighted by atomic mass is 15.2. The van der Waals surface area contributed by atoms with Gasteiger partial charge < -0.3 is 9.88 Å². The molecule has 3 rings (SSSR count). The van der Waals surface area contributed by atoms with E-state index < -0.39 is 0 Å². The maximum Gasteiger partial charge on any atom is 0.138 e. The SMILES string of the molecule is c1ccc(-c2ncc(N3CCCC3)[nH]2)cc1. The van der Waals surface area contributed by atoms with Crippen LogP contribution in [0, 0.1) is 0 Å². The Morgan fingerprint density at radius 1 is 1.06 bits per heavy atom. The zero-order chi connectivity index (χ0) is 10.8. The van der Waals surface area contributed by atoms with Gasteiger partial charge in [0.15, 0.2) is 0 Å². The van der Waals surface area contributed by atoms with Gasteiger partial charge in [0.1, 0.15) is 11.6 Å². The highest BCUT2D eigenvalue weighted by Gasteiger charge is 2.14. The Labute approximate surface area is 95.1 Å². The first-order valence-corrected chi connectivity index (χ1v) is 5.79. The lowest BCUT2D eigenvalue weighted by Gasteiger charge is -2.13. The minimum Gasteiger partial charge on any atom is -0.357 e. The summed E-state index contributed by atoms with van der Waals surface area (Å²) < 4.78 is 0. The third kappa shape index (κ3) is 1.69. The molecular formula is C13H15N3. The van der Waals surface area contributed by atoms with Crippen LogP contribution >= 0.6 is 0 Å². The smallest absolute Gasteiger partial charge is 0.138 e. The number of nitrogens with one attached hydrogen (secondary N) is 1. The molecule has 2 heterocycles. The molecule has 0 unspecified atom stereocenters. The summed E-state index contributed by atoms with van der Waals surface area (Å²) in [6, 6.07) is 10.2. The number of anilines is 1. The molecule has 1 saturated heterocycles. The van der Waals surface area contributed by atoms with Gasteiger partial charge in [0, 0.05) is 18.7 Å². The summed E-state index contributed by atoms with van der Waals surface area (Å²) in [5.41, 5.74) is 1.15.